The van der Waals surface area contributed by atoms with Gasteiger partial charge in [-0.1, -0.05) is 6.92 Å². The first-order valence-electron chi connectivity index (χ1n) is 5.52. The van der Waals surface area contributed by atoms with Gasteiger partial charge in [-0.25, -0.2) is 4.79 Å². The topological polar surface area (TPSA) is 88.0 Å². The van der Waals surface area contributed by atoms with Crippen molar-refractivity contribution in [3.63, 3.8) is 0 Å². The van der Waals surface area contributed by atoms with Gasteiger partial charge in [-0.05, 0) is 24.1 Å². The highest BCUT2D eigenvalue weighted by Gasteiger charge is 2.15. The molecule has 0 unspecified atom stereocenters. The minimum atomic E-state index is -1.22. The van der Waals surface area contributed by atoms with E-state index in [0.717, 1.165) is 11.3 Å². The van der Waals surface area contributed by atoms with Crippen LogP contribution in [0.4, 0.5) is 0 Å². The number of nitrogens with one attached hydrogen (secondary N) is 1. The van der Waals surface area contributed by atoms with E-state index in [1.54, 1.807) is 24.0 Å². The molecular formula is C12H13N3O3. The Labute approximate surface area is 103 Å². The van der Waals surface area contributed by atoms with E-state index >= 15 is 0 Å². The van der Waals surface area contributed by atoms with Crippen molar-refractivity contribution in [1.29, 1.82) is 0 Å². The molecule has 0 spiro atoms. The van der Waals surface area contributed by atoms with Crippen LogP contribution in [-0.2, 0) is 13.5 Å². The zero-order valence-electron chi connectivity index (χ0n) is 10.1. The summed E-state index contributed by atoms with van der Waals surface area (Å²) in [5, 5.41) is 13.0. The smallest absolute Gasteiger partial charge is 0.341 e. The molecule has 0 bridgehead atoms. The molecule has 6 nitrogen and oxygen atoms in total. The molecule has 2 aromatic rings. The fraction of sp³-hybridized carbons (Fsp3) is 0.250. The molecule has 6 heteroatoms. The number of aromatic amines is 1. The van der Waals surface area contributed by atoms with Crippen LogP contribution in [-0.4, -0.2) is 25.8 Å². The van der Waals surface area contributed by atoms with Crippen LogP contribution in [0.1, 0.15) is 22.8 Å². The Morgan fingerprint density at radius 3 is 2.78 bits per heavy atom. The normalized spacial score (nSPS) is 10.6. The molecule has 0 saturated carbocycles. The number of H-pyrrole nitrogens is 1. The number of rotatable bonds is 3. The number of aromatic nitrogens is 3. The third-order valence-corrected chi connectivity index (χ3v) is 2.81. The lowest BCUT2D eigenvalue weighted by atomic mass is 10.1. The van der Waals surface area contributed by atoms with Crippen LogP contribution >= 0.6 is 0 Å². The number of carbonyl (C=O) groups is 1. The molecule has 18 heavy (non-hydrogen) atoms. The SMILES string of the molecule is CCc1cc(C(=O)O)c(=O)[nH]c1-c1ccnn1C. The van der Waals surface area contributed by atoms with Gasteiger partial charge in [0.15, 0.2) is 0 Å². The van der Waals surface area contributed by atoms with Gasteiger partial charge in [-0.15, -0.1) is 0 Å². The van der Waals surface area contributed by atoms with Gasteiger partial charge in [0.1, 0.15) is 5.56 Å². The first-order valence-corrected chi connectivity index (χ1v) is 5.52. The van der Waals surface area contributed by atoms with E-state index in [-0.39, 0.29) is 5.56 Å². The number of hydrogen-bond acceptors (Lipinski definition) is 3. The summed E-state index contributed by atoms with van der Waals surface area (Å²) in [7, 11) is 1.76. The van der Waals surface area contributed by atoms with Gasteiger partial charge in [-0.2, -0.15) is 5.10 Å². The average molecular weight is 247 g/mol. The zero-order chi connectivity index (χ0) is 13.3. The second kappa shape index (κ2) is 4.48. The number of carboxylic acid groups (broad SMARTS) is 1. The van der Waals surface area contributed by atoms with Gasteiger partial charge in [0.2, 0.25) is 0 Å². The lowest BCUT2D eigenvalue weighted by molar-refractivity contribution is 0.0695. The van der Waals surface area contributed by atoms with Crippen molar-refractivity contribution in [3.8, 4) is 11.4 Å². The average Bonchev–Trinajstić information content (AvgIpc) is 2.74. The van der Waals surface area contributed by atoms with Gasteiger partial charge < -0.3 is 10.1 Å². The fourth-order valence-electron chi connectivity index (χ4n) is 1.86. The van der Waals surface area contributed by atoms with Crippen molar-refractivity contribution in [2.45, 2.75) is 13.3 Å². The summed E-state index contributed by atoms with van der Waals surface area (Å²) >= 11 is 0. The van der Waals surface area contributed by atoms with E-state index in [1.165, 1.54) is 6.07 Å². The predicted octanol–water partition coefficient (Wildman–Crippen LogP) is 1.04. The maximum atomic E-state index is 11.7. The van der Waals surface area contributed by atoms with Crippen LogP contribution in [0.2, 0.25) is 0 Å². The van der Waals surface area contributed by atoms with Crippen LogP contribution in [0.25, 0.3) is 11.4 Å². The molecule has 0 radical (unpaired) electrons. The molecular weight excluding hydrogens is 234 g/mol. The standard InChI is InChI=1S/C12H13N3O3/c1-3-7-6-8(12(17)18)11(16)14-10(7)9-4-5-13-15(9)2/h4-6H,3H2,1-2H3,(H,14,16)(H,17,18). The van der Waals surface area contributed by atoms with E-state index in [2.05, 4.69) is 10.1 Å². The minimum absolute atomic E-state index is 0.238. The summed E-state index contributed by atoms with van der Waals surface area (Å²) in [6, 6.07) is 3.19. The van der Waals surface area contributed by atoms with Crippen LogP contribution in [0.5, 0.6) is 0 Å². The van der Waals surface area contributed by atoms with Crippen LogP contribution in [0.15, 0.2) is 23.1 Å². The number of hydrogen-bond donors (Lipinski definition) is 2. The molecule has 2 N–H and O–H groups in total. The molecule has 2 rings (SSSR count). The lowest BCUT2D eigenvalue weighted by Crippen LogP contribution is -2.19. The van der Waals surface area contributed by atoms with Gasteiger partial charge in [0, 0.05) is 13.2 Å². The summed E-state index contributed by atoms with van der Waals surface area (Å²) in [5.41, 5.74) is 1.30. The van der Waals surface area contributed by atoms with Gasteiger partial charge in [-0.3, -0.25) is 9.48 Å². The van der Waals surface area contributed by atoms with E-state index in [0.29, 0.717) is 12.1 Å². The van der Waals surface area contributed by atoms with Crippen molar-refractivity contribution in [2.24, 2.45) is 7.05 Å². The molecule has 0 fully saturated rings. The highest BCUT2D eigenvalue weighted by molar-refractivity contribution is 5.88. The van der Waals surface area contributed by atoms with Crippen LogP contribution in [0.3, 0.4) is 0 Å². The maximum Gasteiger partial charge on any atom is 0.341 e. The quantitative estimate of drug-likeness (QED) is 0.848. The van der Waals surface area contributed by atoms with Crippen molar-refractivity contribution < 1.29 is 9.90 Å². The Bertz CT molecular complexity index is 655. The molecule has 2 heterocycles. The second-order valence-electron chi connectivity index (χ2n) is 3.91. The molecule has 0 aliphatic carbocycles. The Kier molecular flexibility index (Phi) is 3.01. The van der Waals surface area contributed by atoms with E-state index in [4.69, 9.17) is 5.11 Å². The Hall–Kier alpha value is -2.37. The largest absolute Gasteiger partial charge is 0.477 e. The maximum absolute atomic E-state index is 11.7. The first kappa shape index (κ1) is 12.1. The lowest BCUT2D eigenvalue weighted by Gasteiger charge is -2.08. The Morgan fingerprint density at radius 1 is 1.56 bits per heavy atom. The van der Waals surface area contributed by atoms with E-state index in [9.17, 15) is 9.59 Å². The van der Waals surface area contributed by atoms with Crippen molar-refractivity contribution in [2.75, 3.05) is 0 Å². The van der Waals surface area contributed by atoms with Gasteiger partial charge in [0.05, 0.1) is 11.4 Å². The van der Waals surface area contributed by atoms with Crippen molar-refractivity contribution >= 4 is 5.97 Å². The molecule has 94 valence electrons. The molecule has 0 aromatic carbocycles. The highest BCUT2D eigenvalue weighted by atomic mass is 16.4. The Morgan fingerprint density at radius 2 is 2.28 bits per heavy atom. The van der Waals surface area contributed by atoms with E-state index in [1.807, 2.05) is 6.92 Å². The third-order valence-electron chi connectivity index (χ3n) is 2.81. The van der Waals surface area contributed by atoms with Gasteiger partial charge >= 0.3 is 5.97 Å². The molecule has 0 aliphatic rings. The van der Waals surface area contributed by atoms with E-state index < -0.39 is 11.5 Å². The Balaban J connectivity index is 2.70. The summed E-state index contributed by atoms with van der Waals surface area (Å²) in [5.74, 6) is -1.22. The molecule has 2 aromatic heterocycles. The van der Waals surface area contributed by atoms with Gasteiger partial charge in [0.25, 0.3) is 5.56 Å². The minimum Gasteiger partial charge on any atom is -0.477 e. The molecule has 0 atom stereocenters. The number of nitrogens with zero attached hydrogens (tertiary/aromatic N) is 2. The predicted molar refractivity (Wildman–Crippen MR) is 65.6 cm³/mol. The van der Waals surface area contributed by atoms with Crippen LogP contribution in [0, 0.1) is 0 Å². The summed E-state index contributed by atoms with van der Waals surface area (Å²) in [6.07, 6.45) is 2.25. The summed E-state index contributed by atoms with van der Waals surface area (Å²) in [6.45, 7) is 1.90. The first-order chi connectivity index (χ1) is 8.54. The number of aryl methyl sites for hydroxylation is 2. The number of pyridine rings is 1. The molecule has 0 aliphatic heterocycles. The molecule has 0 amide bonds. The second-order valence-corrected chi connectivity index (χ2v) is 3.91. The highest BCUT2D eigenvalue weighted by Crippen LogP contribution is 2.20. The van der Waals surface area contributed by atoms with Crippen molar-refractivity contribution in [1.82, 2.24) is 14.8 Å². The third kappa shape index (κ3) is 1.92. The van der Waals surface area contributed by atoms with Crippen LogP contribution < -0.4 is 5.56 Å². The summed E-state index contributed by atoms with van der Waals surface area (Å²) in [4.78, 5) is 25.2. The zero-order valence-corrected chi connectivity index (χ0v) is 10.1. The monoisotopic (exact) mass is 247 g/mol. The van der Waals surface area contributed by atoms with Crippen molar-refractivity contribution in [3.05, 3.63) is 39.8 Å². The number of aromatic carboxylic acids is 1. The molecule has 0 saturated heterocycles. The number of carboxylic acids is 1. The fourth-order valence-corrected chi connectivity index (χ4v) is 1.86. The summed E-state index contributed by atoms with van der Waals surface area (Å²) < 4.78 is 1.63.